The van der Waals surface area contributed by atoms with Crippen LogP contribution in [0.15, 0.2) is 18.2 Å². The van der Waals surface area contributed by atoms with Crippen LogP contribution >= 0.6 is 11.3 Å². The molecule has 1 N–H and O–H groups in total. The highest BCUT2D eigenvalue weighted by Crippen LogP contribution is 2.35. The summed E-state index contributed by atoms with van der Waals surface area (Å²) < 4.78 is 26.0. The van der Waals surface area contributed by atoms with Crippen LogP contribution in [0.4, 0.5) is 13.9 Å². The summed E-state index contributed by atoms with van der Waals surface area (Å²) in [5.74, 6) is -2.13. The molecule has 0 spiro atoms. The molecule has 1 aliphatic rings. The second-order valence-corrected chi connectivity index (χ2v) is 6.37. The average Bonchev–Trinajstić information content (AvgIpc) is 2.99. The highest BCUT2D eigenvalue weighted by Gasteiger charge is 2.20. The van der Waals surface area contributed by atoms with Crippen LogP contribution < -0.4 is 5.32 Å². The lowest BCUT2D eigenvalue weighted by Crippen LogP contribution is -2.12. The van der Waals surface area contributed by atoms with E-state index in [2.05, 4.69) is 15.5 Å². The van der Waals surface area contributed by atoms with E-state index in [4.69, 9.17) is 0 Å². The van der Waals surface area contributed by atoms with Crippen LogP contribution in [-0.2, 0) is 0 Å². The third kappa shape index (κ3) is 3.30. The predicted molar refractivity (Wildman–Crippen MR) is 80.0 cm³/mol. The first-order chi connectivity index (χ1) is 10.6. The maximum atomic E-state index is 13.1. The van der Waals surface area contributed by atoms with Crippen molar-refractivity contribution < 1.29 is 13.6 Å². The van der Waals surface area contributed by atoms with Crippen molar-refractivity contribution >= 4 is 22.4 Å². The first-order valence-electron chi connectivity index (χ1n) is 7.23. The van der Waals surface area contributed by atoms with E-state index in [1.807, 2.05) is 0 Å². The van der Waals surface area contributed by atoms with Crippen molar-refractivity contribution in [3.8, 4) is 0 Å². The monoisotopic (exact) mass is 323 g/mol. The Balaban J connectivity index is 1.68. The van der Waals surface area contributed by atoms with Crippen LogP contribution in [0.25, 0.3) is 0 Å². The average molecular weight is 323 g/mol. The van der Waals surface area contributed by atoms with E-state index in [-0.39, 0.29) is 5.56 Å². The van der Waals surface area contributed by atoms with Gasteiger partial charge < -0.3 is 0 Å². The van der Waals surface area contributed by atoms with Crippen LogP contribution in [0.1, 0.15) is 53.4 Å². The number of hydrogen-bond acceptors (Lipinski definition) is 4. The molecule has 0 atom stereocenters. The molecule has 0 bridgehead atoms. The molecule has 0 aliphatic heterocycles. The van der Waals surface area contributed by atoms with Gasteiger partial charge in [0.1, 0.15) is 5.01 Å². The van der Waals surface area contributed by atoms with Gasteiger partial charge in [0, 0.05) is 11.5 Å². The second kappa shape index (κ2) is 6.48. The van der Waals surface area contributed by atoms with Crippen LogP contribution in [-0.4, -0.2) is 16.1 Å². The van der Waals surface area contributed by atoms with Gasteiger partial charge in [-0.2, -0.15) is 0 Å². The number of nitrogens with one attached hydrogen (secondary N) is 1. The Labute approximate surface area is 130 Å². The van der Waals surface area contributed by atoms with E-state index in [1.165, 1.54) is 36.7 Å². The van der Waals surface area contributed by atoms with E-state index in [0.717, 1.165) is 30.0 Å². The maximum Gasteiger partial charge on any atom is 0.257 e. The van der Waals surface area contributed by atoms with Gasteiger partial charge in [0.25, 0.3) is 5.91 Å². The minimum absolute atomic E-state index is 0.0494. The molecule has 1 saturated carbocycles. The molecule has 116 valence electrons. The number of anilines is 1. The van der Waals surface area contributed by atoms with Crippen molar-refractivity contribution in [2.24, 2.45) is 0 Å². The summed E-state index contributed by atoms with van der Waals surface area (Å²) in [5.41, 5.74) is 0.0494. The largest absolute Gasteiger partial charge is 0.296 e. The van der Waals surface area contributed by atoms with Crippen LogP contribution in [0, 0.1) is 11.6 Å². The molecule has 2 aromatic rings. The third-order valence-corrected chi connectivity index (χ3v) is 4.80. The van der Waals surface area contributed by atoms with Crippen molar-refractivity contribution in [1.82, 2.24) is 10.2 Å². The fourth-order valence-electron chi connectivity index (χ4n) is 2.61. The Morgan fingerprint density at radius 1 is 1.14 bits per heavy atom. The number of halogens is 2. The molecular formula is C15H15F2N3OS. The van der Waals surface area contributed by atoms with Gasteiger partial charge in [0.15, 0.2) is 11.6 Å². The molecule has 0 saturated heterocycles. The normalized spacial score (nSPS) is 15.7. The Hall–Kier alpha value is -1.89. The second-order valence-electron chi connectivity index (χ2n) is 5.36. The topological polar surface area (TPSA) is 54.9 Å². The first-order valence-corrected chi connectivity index (χ1v) is 8.05. The van der Waals surface area contributed by atoms with Crippen molar-refractivity contribution in [1.29, 1.82) is 0 Å². The highest BCUT2D eigenvalue weighted by atomic mass is 32.1. The van der Waals surface area contributed by atoms with Crippen LogP contribution in [0.3, 0.4) is 0 Å². The van der Waals surface area contributed by atoms with Gasteiger partial charge in [-0.05, 0) is 31.0 Å². The molecular weight excluding hydrogens is 308 g/mol. The highest BCUT2D eigenvalue weighted by molar-refractivity contribution is 7.15. The molecule has 22 heavy (non-hydrogen) atoms. The predicted octanol–water partition coefficient (Wildman–Crippen LogP) is 4.12. The van der Waals surface area contributed by atoms with E-state index < -0.39 is 17.5 Å². The molecule has 1 amide bonds. The first kappa shape index (κ1) is 15.0. The lowest BCUT2D eigenvalue weighted by Gasteiger charge is -2.18. The number of aromatic nitrogens is 2. The number of hydrogen-bond donors (Lipinski definition) is 1. The summed E-state index contributed by atoms with van der Waals surface area (Å²) in [7, 11) is 0. The van der Waals surface area contributed by atoms with Gasteiger partial charge in [-0.15, -0.1) is 10.2 Å². The summed E-state index contributed by atoms with van der Waals surface area (Å²) in [6.45, 7) is 0. The fraction of sp³-hybridized carbons (Fsp3) is 0.400. The third-order valence-electron chi connectivity index (χ3n) is 3.80. The van der Waals surface area contributed by atoms with E-state index in [0.29, 0.717) is 11.0 Å². The van der Waals surface area contributed by atoms with E-state index in [1.54, 1.807) is 0 Å². The van der Waals surface area contributed by atoms with Gasteiger partial charge in [-0.1, -0.05) is 30.6 Å². The summed E-state index contributed by atoms with van der Waals surface area (Å²) in [6, 6.07) is 3.03. The molecule has 1 aromatic heterocycles. The number of rotatable bonds is 3. The molecule has 1 heterocycles. The minimum atomic E-state index is -1.05. The Morgan fingerprint density at radius 3 is 2.64 bits per heavy atom. The molecule has 0 radical (unpaired) electrons. The van der Waals surface area contributed by atoms with Crippen molar-refractivity contribution in [3.05, 3.63) is 40.4 Å². The molecule has 1 aliphatic carbocycles. The lowest BCUT2D eigenvalue weighted by atomic mass is 9.90. The van der Waals surface area contributed by atoms with Gasteiger partial charge >= 0.3 is 0 Å². The quantitative estimate of drug-likeness (QED) is 0.924. The zero-order valence-electron chi connectivity index (χ0n) is 11.8. The van der Waals surface area contributed by atoms with Crippen molar-refractivity contribution in [2.75, 3.05) is 5.32 Å². The number of nitrogens with zero attached hydrogens (tertiary/aromatic N) is 2. The number of carbonyl (C=O) groups is 1. The molecule has 0 unspecified atom stereocenters. The van der Waals surface area contributed by atoms with Crippen LogP contribution in [0.5, 0.6) is 0 Å². The van der Waals surface area contributed by atoms with Gasteiger partial charge in [-0.3, -0.25) is 10.1 Å². The number of carbonyl (C=O) groups excluding carboxylic acids is 1. The zero-order valence-corrected chi connectivity index (χ0v) is 12.6. The maximum absolute atomic E-state index is 13.1. The zero-order chi connectivity index (χ0) is 15.5. The molecule has 1 fully saturated rings. The summed E-state index contributed by atoms with van der Waals surface area (Å²) in [5, 5.41) is 12.0. The van der Waals surface area contributed by atoms with E-state index in [9.17, 15) is 13.6 Å². The lowest BCUT2D eigenvalue weighted by molar-refractivity contribution is 0.102. The summed E-state index contributed by atoms with van der Waals surface area (Å²) in [6.07, 6.45) is 5.86. The summed E-state index contributed by atoms with van der Waals surface area (Å²) >= 11 is 1.35. The summed E-state index contributed by atoms with van der Waals surface area (Å²) in [4.78, 5) is 12.0. The SMILES string of the molecule is O=C(Nc1nnc(C2CCCCC2)s1)c1ccc(F)c(F)c1. The Kier molecular flexibility index (Phi) is 4.42. The van der Waals surface area contributed by atoms with Crippen molar-refractivity contribution in [2.45, 2.75) is 38.0 Å². The van der Waals surface area contributed by atoms with Gasteiger partial charge in [0.05, 0.1) is 0 Å². The Morgan fingerprint density at radius 2 is 1.91 bits per heavy atom. The molecule has 4 nitrogen and oxygen atoms in total. The van der Waals surface area contributed by atoms with Crippen molar-refractivity contribution in [3.63, 3.8) is 0 Å². The smallest absolute Gasteiger partial charge is 0.257 e. The van der Waals surface area contributed by atoms with Gasteiger partial charge in [-0.25, -0.2) is 8.78 Å². The van der Waals surface area contributed by atoms with E-state index >= 15 is 0 Å². The number of amides is 1. The molecule has 7 heteroatoms. The van der Waals surface area contributed by atoms with Gasteiger partial charge in [0.2, 0.25) is 5.13 Å². The fourth-order valence-corrected chi connectivity index (χ4v) is 3.51. The Bertz CT molecular complexity index is 683. The number of benzene rings is 1. The van der Waals surface area contributed by atoms with Crippen LogP contribution in [0.2, 0.25) is 0 Å². The molecule has 3 rings (SSSR count). The minimum Gasteiger partial charge on any atom is -0.296 e. The molecule has 1 aromatic carbocycles. The standard InChI is InChI=1S/C15H15F2N3OS/c16-11-7-6-10(8-12(11)17)13(21)18-15-20-19-14(22-15)9-4-2-1-3-5-9/h6-9H,1-5H2,(H,18,20,21).